The van der Waals surface area contributed by atoms with Gasteiger partial charge in [0, 0.05) is 35.0 Å². The minimum absolute atomic E-state index is 0.0629. The molecule has 124 valence electrons. The largest absolute Gasteiger partial charge is 0.308 e. The van der Waals surface area contributed by atoms with E-state index < -0.39 is 5.54 Å². The van der Waals surface area contributed by atoms with E-state index in [4.69, 9.17) is 4.99 Å². The number of nitrogens with one attached hydrogen (secondary N) is 1. The van der Waals surface area contributed by atoms with Crippen LogP contribution in [-0.4, -0.2) is 35.3 Å². The fraction of sp³-hybridized carbons (Fsp3) is 0.368. The molecule has 1 aromatic carbocycles. The maximum Gasteiger partial charge on any atom is 0.253 e. The first-order valence-corrected chi connectivity index (χ1v) is 9.21. The van der Waals surface area contributed by atoms with Crippen LogP contribution in [0.1, 0.15) is 28.2 Å². The third-order valence-corrected chi connectivity index (χ3v) is 5.87. The van der Waals surface area contributed by atoms with Crippen molar-refractivity contribution in [3.63, 3.8) is 0 Å². The smallest absolute Gasteiger partial charge is 0.253 e. The number of carbonyl (C=O) groups is 1. The van der Waals surface area contributed by atoms with Crippen LogP contribution in [0.5, 0.6) is 0 Å². The molecule has 4 rings (SSSR count). The number of likely N-dealkylation sites (tertiary alicyclic amines) is 1. The van der Waals surface area contributed by atoms with E-state index >= 15 is 0 Å². The van der Waals surface area contributed by atoms with Crippen LogP contribution in [0.25, 0.3) is 0 Å². The number of amidine groups is 1. The van der Waals surface area contributed by atoms with E-state index in [1.165, 1.54) is 9.75 Å². The Balaban J connectivity index is 1.46. The summed E-state index contributed by atoms with van der Waals surface area (Å²) in [5.41, 5.74) is 0.423. The average Bonchev–Trinajstić information content (AvgIpc) is 3.15. The van der Waals surface area contributed by atoms with Crippen LogP contribution < -0.4 is 5.32 Å². The molecule has 4 nitrogen and oxygen atoms in total. The van der Waals surface area contributed by atoms with Crippen LogP contribution in [0.3, 0.4) is 0 Å². The van der Waals surface area contributed by atoms with Gasteiger partial charge in [-0.05, 0) is 31.9 Å². The Morgan fingerprint density at radius 2 is 1.92 bits per heavy atom. The SMILES string of the molecule is Cc1ccc(CN2CCC3(CC2)N=C(c2ccccc2)NC3=O)s1. The normalized spacial score (nSPS) is 20.2. The summed E-state index contributed by atoms with van der Waals surface area (Å²) in [4.78, 5) is 22.5. The first kappa shape index (κ1) is 15.5. The molecule has 0 atom stereocenters. The molecular formula is C19H21N3OS. The first-order chi connectivity index (χ1) is 11.6. The first-order valence-electron chi connectivity index (χ1n) is 8.39. The van der Waals surface area contributed by atoms with Gasteiger partial charge in [0.1, 0.15) is 11.4 Å². The lowest BCUT2D eigenvalue weighted by Crippen LogP contribution is -2.48. The second kappa shape index (κ2) is 6.15. The Bertz CT molecular complexity index is 773. The lowest BCUT2D eigenvalue weighted by molar-refractivity contribution is -0.125. The van der Waals surface area contributed by atoms with E-state index in [0.29, 0.717) is 0 Å². The Morgan fingerprint density at radius 3 is 2.58 bits per heavy atom. The molecule has 0 saturated carbocycles. The molecule has 2 aliphatic heterocycles. The number of carbonyl (C=O) groups excluding carboxylic acids is 1. The predicted molar refractivity (Wildman–Crippen MR) is 97.4 cm³/mol. The highest BCUT2D eigenvalue weighted by Gasteiger charge is 2.45. The minimum Gasteiger partial charge on any atom is -0.308 e. The standard InChI is InChI=1S/C19H21N3OS/c1-14-7-8-16(24-14)13-22-11-9-19(10-12-22)18(23)20-17(21-19)15-5-3-2-4-6-15/h2-8H,9-13H2,1H3,(H,20,21,23). The fourth-order valence-electron chi connectivity index (χ4n) is 3.46. The molecule has 24 heavy (non-hydrogen) atoms. The topological polar surface area (TPSA) is 44.7 Å². The monoisotopic (exact) mass is 339 g/mol. The van der Waals surface area contributed by atoms with Gasteiger partial charge in [-0.2, -0.15) is 0 Å². The van der Waals surface area contributed by atoms with Crippen LogP contribution in [-0.2, 0) is 11.3 Å². The maximum absolute atomic E-state index is 12.6. The van der Waals surface area contributed by atoms with Crippen LogP contribution in [0, 0.1) is 6.92 Å². The van der Waals surface area contributed by atoms with Gasteiger partial charge in [-0.15, -0.1) is 11.3 Å². The lowest BCUT2D eigenvalue weighted by Gasteiger charge is -2.35. The molecule has 0 bridgehead atoms. The van der Waals surface area contributed by atoms with Gasteiger partial charge in [-0.25, -0.2) is 0 Å². The number of hydrogen-bond acceptors (Lipinski definition) is 4. The molecule has 1 aromatic heterocycles. The summed E-state index contributed by atoms with van der Waals surface area (Å²) in [5, 5.41) is 2.99. The van der Waals surface area contributed by atoms with Gasteiger partial charge in [0.2, 0.25) is 0 Å². The highest BCUT2D eigenvalue weighted by Crippen LogP contribution is 2.32. The number of piperidine rings is 1. The van der Waals surface area contributed by atoms with Crippen molar-refractivity contribution in [1.29, 1.82) is 0 Å². The number of amides is 1. The van der Waals surface area contributed by atoms with Crippen molar-refractivity contribution in [3.8, 4) is 0 Å². The molecule has 3 heterocycles. The number of hydrogen-bond donors (Lipinski definition) is 1. The third-order valence-electron chi connectivity index (χ3n) is 4.89. The van der Waals surface area contributed by atoms with Crippen LogP contribution in [0.15, 0.2) is 47.5 Å². The summed E-state index contributed by atoms with van der Waals surface area (Å²) in [6.07, 6.45) is 1.58. The maximum atomic E-state index is 12.6. The summed E-state index contributed by atoms with van der Waals surface area (Å²) >= 11 is 1.85. The molecule has 0 radical (unpaired) electrons. The van der Waals surface area contributed by atoms with Gasteiger partial charge >= 0.3 is 0 Å². The summed E-state index contributed by atoms with van der Waals surface area (Å²) in [5.74, 6) is 0.788. The van der Waals surface area contributed by atoms with Gasteiger partial charge in [-0.3, -0.25) is 14.7 Å². The van der Waals surface area contributed by atoms with Crippen molar-refractivity contribution in [1.82, 2.24) is 10.2 Å². The third kappa shape index (κ3) is 2.89. The molecule has 5 heteroatoms. The number of nitrogens with zero attached hydrogens (tertiary/aromatic N) is 2. The highest BCUT2D eigenvalue weighted by atomic mass is 32.1. The zero-order valence-corrected chi connectivity index (χ0v) is 14.6. The Kier molecular flexibility index (Phi) is 3.98. The molecule has 1 N–H and O–H groups in total. The zero-order chi connectivity index (χ0) is 16.6. The fourth-order valence-corrected chi connectivity index (χ4v) is 4.39. The van der Waals surface area contributed by atoms with Gasteiger partial charge in [0.25, 0.3) is 5.91 Å². The van der Waals surface area contributed by atoms with E-state index in [-0.39, 0.29) is 5.91 Å². The van der Waals surface area contributed by atoms with Gasteiger partial charge in [-0.1, -0.05) is 30.3 Å². The highest BCUT2D eigenvalue weighted by molar-refractivity contribution is 7.11. The second-order valence-corrected chi connectivity index (χ2v) is 7.97. The van der Waals surface area contributed by atoms with Gasteiger partial charge < -0.3 is 5.32 Å². The molecule has 1 spiro atoms. The average molecular weight is 339 g/mol. The summed E-state index contributed by atoms with van der Waals surface area (Å²) < 4.78 is 0. The quantitative estimate of drug-likeness (QED) is 0.934. The number of aryl methyl sites for hydroxylation is 1. The van der Waals surface area contributed by atoms with Crippen LogP contribution in [0.4, 0.5) is 0 Å². The number of benzene rings is 1. The van der Waals surface area contributed by atoms with E-state index in [0.717, 1.165) is 43.9 Å². The van der Waals surface area contributed by atoms with Crippen LogP contribution in [0.2, 0.25) is 0 Å². The van der Waals surface area contributed by atoms with E-state index in [2.05, 4.69) is 29.3 Å². The molecule has 1 fully saturated rings. The number of rotatable bonds is 3. The predicted octanol–water partition coefficient (Wildman–Crippen LogP) is 2.97. The lowest BCUT2D eigenvalue weighted by atomic mass is 9.88. The molecule has 1 saturated heterocycles. The molecule has 2 aliphatic rings. The summed E-state index contributed by atoms with van der Waals surface area (Å²) in [7, 11) is 0. The van der Waals surface area contributed by atoms with Crippen LogP contribution >= 0.6 is 11.3 Å². The molecular weight excluding hydrogens is 318 g/mol. The number of aliphatic imine (C=N–C) groups is 1. The van der Waals surface area contributed by atoms with E-state index in [1.54, 1.807) is 0 Å². The van der Waals surface area contributed by atoms with Crippen molar-refractivity contribution < 1.29 is 4.79 Å². The van der Waals surface area contributed by atoms with Crippen molar-refractivity contribution >= 4 is 23.1 Å². The minimum atomic E-state index is -0.562. The van der Waals surface area contributed by atoms with Crippen molar-refractivity contribution in [2.75, 3.05) is 13.1 Å². The summed E-state index contributed by atoms with van der Waals surface area (Å²) in [6, 6.07) is 14.3. The van der Waals surface area contributed by atoms with E-state index in [9.17, 15) is 4.79 Å². The molecule has 0 aliphatic carbocycles. The van der Waals surface area contributed by atoms with Gasteiger partial charge in [0.05, 0.1) is 0 Å². The Labute approximate surface area is 146 Å². The van der Waals surface area contributed by atoms with Crippen molar-refractivity contribution in [2.24, 2.45) is 4.99 Å². The van der Waals surface area contributed by atoms with Gasteiger partial charge in [0.15, 0.2) is 0 Å². The van der Waals surface area contributed by atoms with E-state index in [1.807, 2.05) is 41.7 Å². The van der Waals surface area contributed by atoms with Crippen molar-refractivity contribution in [2.45, 2.75) is 31.8 Å². The summed E-state index contributed by atoms with van der Waals surface area (Å²) in [6.45, 7) is 4.94. The zero-order valence-electron chi connectivity index (χ0n) is 13.8. The Morgan fingerprint density at radius 1 is 1.17 bits per heavy atom. The number of thiophene rings is 1. The molecule has 0 unspecified atom stereocenters. The molecule has 1 amide bonds. The Hall–Kier alpha value is -1.98. The van der Waals surface area contributed by atoms with Crippen molar-refractivity contribution in [3.05, 3.63) is 57.8 Å². The second-order valence-electron chi connectivity index (χ2n) is 6.60. The molecule has 2 aromatic rings.